The van der Waals surface area contributed by atoms with Crippen molar-refractivity contribution >= 4 is 5.91 Å². The van der Waals surface area contributed by atoms with Crippen LogP contribution in [0.3, 0.4) is 0 Å². The van der Waals surface area contributed by atoms with Gasteiger partial charge >= 0.3 is 0 Å². The standard InChI is InChI=1S/C19H18N2O2/c22-19(9-8-15-5-2-1-3-6-15)21-13-16-11-17(14-20-12-16)18-7-4-10-23-18/h1-7,10-12,14H,8-9,13H2,(H,21,22). The predicted molar refractivity (Wildman–Crippen MR) is 88.5 cm³/mol. The van der Waals surface area contributed by atoms with Crippen molar-refractivity contribution in [2.75, 3.05) is 0 Å². The highest BCUT2D eigenvalue weighted by Gasteiger charge is 2.05. The van der Waals surface area contributed by atoms with Gasteiger partial charge < -0.3 is 9.73 Å². The monoisotopic (exact) mass is 306 g/mol. The molecule has 0 saturated carbocycles. The fourth-order valence-electron chi connectivity index (χ4n) is 2.35. The molecule has 116 valence electrons. The van der Waals surface area contributed by atoms with Crippen LogP contribution in [0.4, 0.5) is 0 Å². The van der Waals surface area contributed by atoms with E-state index in [-0.39, 0.29) is 5.91 Å². The second kappa shape index (κ2) is 7.40. The average molecular weight is 306 g/mol. The molecule has 0 spiro atoms. The van der Waals surface area contributed by atoms with Crippen molar-refractivity contribution in [3.8, 4) is 11.3 Å². The van der Waals surface area contributed by atoms with Crippen molar-refractivity contribution in [1.29, 1.82) is 0 Å². The molecule has 0 atom stereocenters. The SMILES string of the molecule is O=C(CCc1ccccc1)NCc1cncc(-c2ccco2)c1. The molecule has 0 saturated heterocycles. The minimum atomic E-state index is 0.0391. The molecule has 1 N–H and O–H groups in total. The summed E-state index contributed by atoms with van der Waals surface area (Å²) in [6, 6.07) is 15.7. The van der Waals surface area contributed by atoms with Crippen LogP contribution in [0.2, 0.25) is 0 Å². The van der Waals surface area contributed by atoms with Gasteiger partial charge in [0.05, 0.1) is 6.26 Å². The van der Waals surface area contributed by atoms with E-state index in [9.17, 15) is 4.79 Å². The molecule has 0 aliphatic carbocycles. The molecule has 2 aromatic heterocycles. The van der Waals surface area contributed by atoms with Crippen LogP contribution < -0.4 is 5.32 Å². The Hall–Kier alpha value is -2.88. The molecule has 3 aromatic rings. The summed E-state index contributed by atoms with van der Waals surface area (Å²) in [5.41, 5.74) is 3.03. The molecule has 4 nitrogen and oxygen atoms in total. The zero-order chi connectivity index (χ0) is 15.9. The highest BCUT2D eigenvalue weighted by molar-refractivity contribution is 5.76. The maximum absolute atomic E-state index is 12.0. The maximum atomic E-state index is 12.0. The zero-order valence-electron chi connectivity index (χ0n) is 12.7. The fourth-order valence-corrected chi connectivity index (χ4v) is 2.35. The van der Waals surface area contributed by atoms with Crippen LogP contribution in [0.5, 0.6) is 0 Å². The molecule has 0 aliphatic heterocycles. The largest absolute Gasteiger partial charge is 0.464 e. The van der Waals surface area contributed by atoms with E-state index in [1.54, 1.807) is 18.7 Å². The lowest BCUT2D eigenvalue weighted by Crippen LogP contribution is -2.23. The summed E-state index contributed by atoms with van der Waals surface area (Å²) in [6.45, 7) is 0.467. The van der Waals surface area contributed by atoms with E-state index in [0.717, 1.165) is 23.3 Å². The van der Waals surface area contributed by atoms with Crippen LogP contribution in [0.1, 0.15) is 17.5 Å². The van der Waals surface area contributed by atoms with Gasteiger partial charge in [0.25, 0.3) is 0 Å². The lowest BCUT2D eigenvalue weighted by molar-refractivity contribution is -0.121. The Bertz CT molecular complexity index is 752. The van der Waals surface area contributed by atoms with Gasteiger partial charge in [-0.05, 0) is 35.7 Å². The van der Waals surface area contributed by atoms with Crippen molar-refractivity contribution in [2.45, 2.75) is 19.4 Å². The number of hydrogen-bond donors (Lipinski definition) is 1. The van der Waals surface area contributed by atoms with Crippen molar-refractivity contribution < 1.29 is 9.21 Å². The molecule has 1 amide bonds. The molecule has 0 fully saturated rings. The van der Waals surface area contributed by atoms with Gasteiger partial charge in [0.2, 0.25) is 5.91 Å². The van der Waals surface area contributed by atoms with Crippen LogP contribution in [-0.4, -0.2) is 10.9 Å². The Morgan fingerprint density at radius 2 is 1.91 bits per heavy atom. The Labute approximate surface area is 135 Å². The molecule has 4 heteroatoms. The Morgan fingerprint density at radius 1 is 1.04 bits per heavy atom. The number of aromatic nitrogens is 1. The third kappa shape index (κ3) is 4.30. The van der Waals surface area contributed by atoms with Crippen molar-refractivity contribution in [2.24, 2.45) is 0 Å². The quantitative estimate of drug-likeness (QED) is 0.757. The van der Waals surface area contributed by atoms with Gasteiger partial charge in [-0.2, -0.15) is 0 Å². The highest BCUT2D eigenvalue weighted by atomic mass is 16.3. The number of hydrogen-bond acceptors (Lipinski definition) is 3. The van der Waals surface area contributed by atoms with E-state index in [4.69, 9.17) is 4.42 Å². The average Bonchev–Trinajstić information content (AvgIpc) is 3.14. The van der Waals surface area contributed by atoms with E-state index in [2.05, 4.69) is 10.3 Å². The molecule has 0 aliphatic rings. The smallest absolute Gasteiger partial charge is 0.220 e. The maximum Gasteiger partial charge on any atom is 0.220 e. The molecule has 3 rings (SSSR count). The van der Waals surface area contributed by atoms with Crippen molar-refractivity contribution in [1.82, 2.24) is 10.3 Å². The lowest BCUT2D eigenvalue weighted by atomic mass is 10.1. The van der Waals surface area contributed by atoms with Gasteiger partial charge in [-0.3, -0.25) is 9.78 Å². The molecular formula is C19H18N2O2. The summed E-state index contributed by atoms with van der Waals surface area (Å²) in [4.78, 5) is 16.2. The number of carbonyl (C=O) groups is 1. The summed E-state index contributed by atoms with van der Waals surface area (Å²) in [5.74, 6) is 0.812. The molecule has 0 bridgehead atoms. The van der Waals surface area contributed by atoms with E-state index in [0.29, 0.717) is 13.0 Å². The Balaban J connectivity index is 1.52. The van der Waals surface area contributed by atoms with Crippen LogP contribution in [0, 0.1) is 0 Å². The van der Waals surface area contributed by atoms with Gasteiger partial charge in [-0.15, -0.1) is 0 Å². The minimum absolute atomic E-state index is 0.0391. The Morgan fingerprint density at radius 3 is 2.70 bits per heavy atom. The number of amides is 1. The number of nitrogens with zero attached hydrogens (tertiary/aromatic N) is 1. The number of pyridine rings is 1. The minimum Gasteiger partial charge on any atom is -0.464 e. The summed E-state index contributed by atoms with van der Waals surface area (Å²) < 4.78 is 5.36. The number of furan rings is 1. The number of nitrogens with one attached hydrogen (secondary N) is 1. The molecule has 23 heavy (non-hydrogen) atoms. The first kappa shape index (κ1) is 15.0. The number of aryl methyl sites for hydroxylation is 1. The predicted octanol–water partition coefficient (Wildman–Crippen LogP) is 3.59. The third-order valence-corrected chi connectivity index (χ3v) is 3.57. The normalized spacial score (nSPS) is 10.4. The number of carbonyl (C=O) groups excluding carboxylic acids is 1. The van der Waals surface area contributed by atoms with Crippen LogP contribution in [0.25, 0.3) is 11.3 Å². The summed E-state index contributed by atoms with van der Waals surface area (Å²) in [5, 5.41) is 2.93. The first-order valence-corrected chi connectivity index (χ1v) is 7.60. The lowest BCUT2D eigenvalue weighted by Gasteiger charge is -2.06. The molecule has 1 aromatic carbocycles. The molecule has 2 heterocycles. The topological polar surface area (TPSA) is 55.1 Å². The van der Waals surface area contributed by atoms with Crippen molar-refractivity contribution in [3.05, 3.63) is 78.3 Å². The highest BCUT2D eigenvalue weighted by Crippen LogP contribution is 2.19. The molecule has 0 unspecified atom stereocenters. The van der Waals surface area contributed by atoms with Gasteiger partial charge in [-0.1, -0.05) is 30.3 Å². The summed E-state index contributed by atoms with van der Waals surface area (Å²) >= 11 is 0. The first-order valence-electron chi connectivity index (χ1n) is 7.60. The van der Waals surface area contributed by atoms with Crippen LogP contribution in [0.15, 0.2) is 71.6 Å². The number of benzene rings is 1. The van der Waals surface area contributed by atoms with E-state index in [1.165, 1.54) is 5.56 Å². The first-order chi connectivity index (χ1) is 11.3. The Kier molecular flexibility index (Phi) is 4.84. The van der Waals surface area contributed by atoms with Gasteiger partial charge in [0, 0.05) is 30.9 Å². The van der Waals surface area contributed by atoms with E-state index in [1.807, 2.05) is 48.5 Å². The molecular weight excluding hydrogens is 288 g/mol. The zero-order valence-corrected chi connectivity index (χ0v) is 12.7. The van der Waals surface area contributed by atoms with Gasteiger partial charge in [0.15, 0.2) is 0 Å². The summed E-state index contributed by atoms with van der Waals surface area (Å²) in [6.07, 6.45) is 6.36. The molecule has 0 radical (unpaired) electrons. The van der Waals surface area contributed by atoms with Crippen molar-refractivity contribution in [3.63, 3.8) is 0 Å². The van der Waals surface area contributed by atoms with E-state index >= 15 is 0 Å². The van der Waals surface area contributed by atoms with Gasteiger partial charge in [0.1, 0.15) is 5.76 Å². The third-order valence-electron chi connectivity index (χ3n) is 3.57. The summed E-state index contributed by atoms with van der Waals surface area (Å²) in [7, 11) is 0. The van der Waals surface area contributed by atoms with E-state index < -0.39 is 0 Å². The van der Waals surface area contributed by atoms with Gasteiger partial charge in [-0.25, -0.2) is 0 Å². The second-order valence-corrected chi connectivity index (χ2v) is 5.32. The van der Waals surface area contributed by atoms with Crippen LogP contribution >= 0.6 is 0 Å². The fraction of sp³-hybridized carbons (Fsp3) is 0.158. The van der Waals surface area contributed by atoms with Crippen LogP contribution in [-0.2, 0) is 17.8 Å². The second-order valence-electron chi connectivity index (χ2n) is 5.32. The number of rotatable bonds is 6.